The molecule has 2 nitrogen and oxygen atoms in total. The standard InChI is InChI=1S/C13H16O2/c1-4-13(3)8-10(14)12-9(2)6-5-7-11(12)15-13/h5-7H,4,8H2,1-3H3. The largest absolute Gasteiger partial charge is 0.486 e. The van der Waals surface area contributed by atoms with Crippen molar-refractivity contribution in [2.24, 2.45) is 0 Å². The van der Waals surface area contributed by atoms with Crippen molar-refractivity contribution in [2.45, 2.75) is 39.2 Å². The van der Waals surface area contributed by atoms with Gasteiger partial charge in [-0.1, -0.05) is 19.1 Å². The molecule has 0 saturated heterocycles. The van der Waals surface area contributed by atoms with Crippen LogP contribution in [-0.2, 0) is 0 Å². The third-order valence-corrected chi connectivity index (χ3v) is 3.15. The molecule has 0 saturated carbocycles. The molecule has 15 heavy (non-hydrogen) atoms. The Morgan fingerprint density at radius 2 is 2.20 bits per heavy atom. The fourth-order valence-electron chi connectivity index (χ4n) is 2.01. The van der Waals surface area contributed by atoms with E-state index < -0.39 is 0 Å². The molecule has 2 heteroatoms. The van der Waals surface area contributed by atoms with Crippen molar-refractivity contribution in [1.82, 2.24) is 0 Å². The van der Waals surface area contributed by atoms with Gasteiger partial charge in [-0.25, -0.2) is 0 Å². The first-order chi connectivity index (χ1) is 7.06. The van der Waals surface area contributed by atoms with Gasteiger partial charge < -0.3 is 4.74 Å². The van der Waals surface area contributed by atoms with E-state index in [9.17, 15) is 4.79 Å². The fourth-order valence-corrected chi connectivity index (χ4v) is 2.01. The Kier molecular flexibility index (Phi) is 2.29. The fraction of sp³-hybridized carbons (Fsp3) is 0.462. The lowest BCUT2D eigenvalue weighted by Crippen LogP contribution is -2.38. The quantitative estimate of drug-likeness (QED) is 0.702. The summed E-state index contributed by atoms with van der Waals surface area (Å²) < 4.78 is 5.90. The van der Waals surface area contributed by atoms with Crippen LogP contribution < -0.4 is 4.74 Å². The van der Waals surface area contributed by atoms with Crippen molar-refractivity contribution in [3.05, 3.63) is 29.3 Å². The van der Waals surface area contributed by atoms with Crippen LogP contribution in [0.4, 0.5) is 0 Å². The van der Waals surface area contributed by atoms with Crippen LogP contribution in [0.5, 0.6) is 5.75 Å². The molecule has 80 valence electrons. The molecule has 0 amide bonds. The number of carbonyl (C=O) groups excluding carboxylic acids is 1. The van der Waals surface area contributed by atoms with E-state index in [1.54, 1.807) is 0 Å². The summed E-state index contributed by atoms with van der Waals surface area (Å²) in [5, 5.41) is 0. The van der Waals surface area contributed by atoms with Crippen molar-refractivity contribution in [3.63, 3.8) is 0 Å². The second-order valence-electron chi connectivity index (χ2n) is 4.45. The Hall–Kier alpha value is -1.31. The topological polar surface area (TPSA) is 26.3 Å². The third-order valence-electron chi connectivity index (χ3n) is 3.15. The monoisotopic (exact) mass is 204 g/mol. The molecule has 0 radical (unpaired) electrons. The summed E-state index contributed by atoms with van der Waals surface area (Å²) in [6.07, 6.45) is 1.34. The number of Topliss-reactive ketones (excluding diaryl/α,β-unsaturated/α-hetero) is 1. The van der Waals surface area contributed by atoms with Crippen LogP contribution in [0, 0.1) is 6.92 Å². The second kappa shape index (κ2) is 3.37. The van der Waals surface area contributed by atoms with Crippen LogP contribution in [0.25, 0.3) is 0 Å². The van der Waals surface area contributed by atoms with Crippen molar-refractivity contribution in [1.29, 1.82) is 0 Å². The zero-order valence-corrected chi connectivity index (χ0v) is 9.46. The van der Waals surface area contributed by atoms with Gasteiger partial charge >= 0.3 is 0 Å². The molecule has 1 aromatic rings. The number of hydrogen-bond acceptors (Lipinski definition) is 2. The molecule has 0 spiro atoms. The second-order valence-corrected chi connectivity index (χ2v) is 4.45. The maximum absolute atomic E-state index is 12.0. The SMILES string of the molecule is CCC1(C)CC(=O)c2c(C)cccc2O1. The number of carbonyl (C=O) groups is 1. The summed E-state index contributed by atoms with van der Waals surface area (Å²) in [7, 11) is 0. The van der Waals surface area contributed by atoms with Gasteiger partial charge in [0.05, 0.1) is 12.0 Å². The van der Waals surface area contributed by atoms with Gasteiger partial charge in [-0.3, -0.25) is 4.79 Å². The van der Waals surface area contributed by atoms with Gasteiger partial charge in [-0.2, -0.15) is 0 Å². The van der Waals surface area contributed by atoms with Crippen LogP contribution in [-0.4, -0.2) is 11.4 Å². The molecule has 0 fully saturated rings. The van der Waals surface area contributed by atoms with E-state index in [-0.39, 0.29) is 11.4 Å². The molecule has 0 aliphatic carbocycles. The molecular formula is C13H16O2. The van der Waals surface area contributed by atoms with E-state index in [1.165, 1.54) is 0 Å². The Balaban J connectivity index is 2.50. The summed E-state index contributed by atoms with van der Waals surface area (Å²) >= 11 is 0. The molecular weight excluding hydrogens is 188 g/mol. The number of rotatable bonds is 1. The highest BCUT2D eigenvalue weighted by Gasteiger charge is 2.35. The highest BCUT2D eigenvalue weighted by Crippen LogP contribution is 2.36. The molecule has 0 bridgehead atoms. The molecule has 0 N–H and O–H groups in total. The van der Waals surface area contributed by atoms with Crippen LogP contribution in [0.2, 0.25) is 0 Å². The average molecular weight is 204 g/mol. The van der Waals surface area contributed by atoms with E-state index in [2.05, 4.69) is 0 Å². The number of benzene rings is 1. The summed E-state index contributed by atoms with van der Waals surface area (Å²) in [5.74, 6) is 0.953. The van der Waals surface area contributed by atoms with Crippen molar-refractivity contribution >= 4 is 5.78 Å². The molecule has 1 heterocycles. The van der Waals surface area contributed by atoms with Crippen LogP contribution >= 0.6 is 0 Å². The Morgan fingerprint density at radius 3 is 2.87 bits per heavy atom. The summed E-state index contributed by atoms with van der Waals surface area (Å²) in [5.41, 5.74) is 1.46. The first kappa shape index (κ1) is 10.2. The molecule has 0 aromatic heterocycles. The predicted octanol–water partition coefficient (Wildman–Crippen LogP) is 3.13. The molecule has 1 aromatic carbocycles. The Bertz CT molecular complexity index is 409. The minimum atomic E-state index is -0.322. The van der Waals surface area contributed by atoms with Gasteiger partial charge in [0.2, 0.25) is 0 Å². The van der Waals surface area contributed by atoms with Gasteiger partial charge in [-0.15, -0.1) is 0 Å². The lowest BCUT2D eigenvalue weighted by Gasteiger charge is -2.34. The molecule has 2 rings (SSSR count). The predicted molar refractivity (Wildman–Crippen MR) is 59.5 cm³/mol. The maximum Gasteiger partial charge on any atom is 0.170 e. The third kappa shape index (κ3) is 1.65. The number of ether oxygens (including phenoxy) is 1. The summed E-state index contributed by atoms with van der Waals surface area (Å²) in [6.45, 7) is 6.00. The van der Waals surface area contributed by atoms with Crippen molar-refractivity contribution < 1.29 is 9.53 Å². The normalized spacial score (nSPS) is 24.6. The number of ketones is 1. The van der Waals surface area contributed by atoms with Gasteiger partial charge in [0.25, 0.3) is 0 Å². The minimum absolute atomic E-state index is 0.207. The lowest BCUT2D eigenvalue weighted by molar-refractivity contribution is 0.0498. The van der Waals surface area contributed by atoms with Crippen molar-refractivity contribution in [2.75, 3.05) is 0 Å². The Morgan fingerprint density at radius 1 is 1.47 bits per heavy atom. The van der Waals surface area contributed by atoms with Gasteiger partial charge in [-0.05, 0) is 31.9 Å². The van der Waals surface area contributed by atoms with Crippen LogP contribution in [0.1, 0.15) is 42.6 Å². The highest BCUT2D eigenvalue weighted by molar-refractivity contribution is 6.01. The Labute approximate surface area is 90.3 Å². The van der Waals surface area contributed by atoms with E-state index >= 15 is 0 Å². The first-order valence-electron chi connectivity index (χ1n) is 5.37. The van der Waals surface area contributed by atoms with Gasteiger partial charge in [0.1, 0.15) is 11.4 Å². The van der Waals surface area contributed by atoms with E-state index in [0.29, 0.717) is 6.42 Å². The highest BCUT2D eigenvalue weighted by atomic mass is 16.5. The molecule has 1 unspecified atom stereocenters. The smallest absolute Gasteiger partial charge is 0.170 e. The zero-order valence-electron chi connectivity index (χ0n) is 9.46. The first-order valence-corrected chi connectivity index (χ1v) is 5.37. The number of fused-ring (bicyclic) bond motifs is 1. The van der Waals surface area contributed by atoms with E-state index in [0.717, 1.165) is 23.3 Å². The van der Waals surface area contributed by atoms with Crippen LogP contribution in [0.15, 0.2) is 18.2 Å². The average Bonchev–Trinajstić information content (AvgIpc) is 2.17. The van der Waals surface area contributed by atoms with Crippen LogP contribution in [0.3, 0.4) is 0 Å². The van der Waals surface area contributed by atoms with Crippen molar-refractivity contribution in [3.8, 4) is 5.75 Å². The maximum atomic E-state index is 12.0. The number of aryl methyl sites for hydroxylation is 1. The lowest BCUT2D eigenvalue weighted by atomic mass is 9.88. The molecule has 1 atom stereocenters. The molecule has 1 aliphatic heterocycles. The van der Waals surface area contributed by atoms with Gasteiger partial charge in [0.15, 0.2) is 5.78 Å². The van der Waals surface area contributed by atoms with Gasteiger partial charge in [0, 0.05) is 0 Å². The minimum Gasteiger partial charge on any atom is -0.486 e. The van der Waals surface area contributed by atoms with E-state index in [1.807, 2.05) is 39.0 Å². The number of hydrogen-bond donors (Lipinski definition) is 0. The summed E-state index contributed by atoms with van der Waals surface area (Å²) in [6, 6.07) is 5.77. The zero-order chi connectivity index (χ0) is 11.1. The van der Waals surface area contributed by atoms with E-state index in [4.69, 9.17) is 4.74 Å². The summed E-state index contributed by atoms with van der Waals surface area (Å²) in [4.78, 5) is 12.0. The molecule has 1 aliphatic rings.